The second-order valence-corrected chi connectivity index (χ2v) is 8.20. The number of nitrogens with zero attached hydrogens (tertiary/aromatic N) is 4. The minimum absolute atomic E-state index is 0.167. The number of carbonyl (C=O) groups is 1. The molecule has 5 rings (SSSR count). The molecule has 1 aromatic heterocycles. The fraction of sp³-hybridized carbons (Fsp3) is 0.500. The second kappa shape index (κ2) is 7.51. The van der Waals surface area contributed by atoms with Gasteiger partial charge in [-0.1, -0.05) is 30.3 Å². The van der Waals surface area contributed by atoms with Gasteiger partial charge in [-0.15, -0.1) is 10.2 Å². The minimum Gasteiger partial charge on any atom is -0.381 e. The van der Waals surface area contributed by atoms with Gasteiger partial charge in [0.05, 0.1) is 5.69 Å². The molecule has 6 heteroatoms. The van der Waals surface area contributed by atoms with Crippen LogP contribution in [0.2, 0.25) is 0 Å². The van der Waals surface area contributed by atoms with Crippen LogP contribution in [0.25, 0.3) is 11.3 Å². The first-order valence-electron chi connectivity index (χ1n) is 10.3. The zero-order chi connectivity index (χ0) is 18.9. The van der Waals surface area contributed by atoms with Gasteiger partial charge in [0.2, 0.25) is 5.91 Å². The first-order valence-corrected chi connectivity index (χ1v) is 10.3. The van der Waals surface area contributed by atoms with Gasteiger partial charge in [-0.05, 0) is 25.0 Å². The van der Waals surface area contributed by atoms with Crippen LogP contribution in [0.4, 0.5) is 5.82 Å². The number of fused-ring (bicyclic) bond motifs is 1. The highest BCUT2D eigenvalue weighted by Crippen LogP contribution is 2.34. The maximum Gasteiger partial charge on any atom is 0.225 e. The van der Waals surface area contributed by atoms with Crippen LogP contribution >= 0.6 is 0 Å². The van der Waals surface area contributed by atoms with Crippen LogP contribution in [0.5, 0.6) is 0 Å². The van der Waals surface area contributed by atoms with Crippen molar-refractivity contribution in [2.45, 2.75) is 12.8 Å². The number of ether oxygens (including phenoxy) is 1. The maximum absolute atomic E-state index is 12.8. The van der Waals surface area contributed by atoms with Crippen molar-refractivity contribution in [3.63, 3.8) is 0 Å². The topological polar surface area (TPSA) is 58.6 Å². The van der Waals surface area contributed by atoms with Crippen LogP contribution in [-0.4, -0.2) is 60.4 Å². The highest BCUT2D eigenvalue weighted by Gasteiger charge is 2.43. The average Bonchev–Trinajstić information content (AvgIpc) is 3.34. The van der Waals surface area contributed by atoms with E-state index in [4.69, 9.17) is 4.74 Å². The molecule has 3 aliphatic rings. The van der Waals surface area contributed by atoms with Crippen molar-refractivity contribution in [1.82, 2.24) is 15.1 Å². The number of hydrogen-bond donors (Lipinski definition) is 0. The Morgan fingerprint density at radius 2 is 1.61 bits per heavy atom. The van der Waals surface area contributed by atoms with Crippen LogP contribution < -0.4 is 4.90 Å². The molecule has 2 aromatic rings. The molecule has 6 nitrogen and oxygen atoms in total. The van der Waals surface area contributed by atoms with E-state index in [0.717, 1.165) is 69.3 Å². The summed E-state index contributed by atoms with van der Waals surface area (Å²) >= 11 is 0. The van der Waals surface area contributed by atoms with Gasteiger partial charge in [-0.25, -0.2) is 0 Å². The Labute approximate surface area is 165 Å². The molecule has 1 aromatic carbocycles. The van der Waals surface area contributed by atoms with Crippen LogP contribution in [0, 0.1) is 17.8 Å². The van der Waals surface area contributed by atoms with Gasteiger partial charge in [0.15, 0.2) is 5.82 Å². The second-order valence-electron chi connectivity index (χ2n) is 8.20. The van der Waals surface area contributed by atoms with Crippen molar-refractivity contribution < 1.29 is 9.53 Å². The summed E-state index contributed by atoms with van der Waals surface area (Å²) in [5.74, 6) is 2.53. The van der Waals surface area contributed by atoms with Crippen molar-refractivity contribution in [1.29, 1.82) is 0 Å². The molecular weight excluding hydrogens is 352 g/mol. The van der Waals surface area contributed by atoms with E-state index in [1.54, 1.807) is 0 Å². The lowest BCUT2D eigenvalue weighted by Crippen LogP contribution is -2.39. The monoisotopic (exact) mass is 378 g/mol. The molecule has 2 atom stereocenters. The third-order valence-electron chi connectivity index (χ3n) is 6.41. The van der Waals surface area contributed by atoms with E-state index >= 15 is 0 Å². The molecule has 3 aliphatic heterocycles. The lowest BCUT2D eigenvalue weighted by Gasteiger charge is -2.28. The molecule has 3 fully saturated rings. The van der Waals surface area contributed by atoms with E-state index in [1.807, 2.05) is 36.4 Å². The molecule has 0 aliphatic carbocycles. The zero-order valence-corrected chi connectivity index (χ0v) is 16.0. The standard InChI is InChI=1S/C22H26N4O2/c27-22(17-8-10-28-11-9-17)26-14-18-12-25(13-19(18)15-26)21-7-6-20(23-24-21)16-4-2-1-3-5-16/h1-7,17-19H,8-15H2. The predicted octanol–water partition coefficient (Wildman–Crippen LogP) is 2.46. The summed E-state index contributed by atoms with van der Waals surface area (Å²) in [7, 11) is 0. The first kappa shape index (κ1) is 17.6. The molecule has 0 radical (unpaired) electrons. The number of rotatable bonds is 3. The normalized spacial score (nSPS) is 25.1. The Bertz CT molecular complexity index is 806. The van der Waals surface area contributed by atoms with E-state index in [9.17, 15) is 4.79 Å². The Balaban J connectivity index is 1.20. The summed E-state index contributed by atoms with van der Waals surface area (Å²) in [6.07, 6.45) is 1.75. The zero-order valence-electron chi connectivity index (χ0n) is 16.0. The van der Waals surface area contributed by atoms with Gasteiger partial charge >= 0.3 is 0 Å². The number of benzene rings is 1. The largest absolute Gasteiger partial charge is 0.381 e. The van der Waals surface area contributed by atoms with Crippen molar-refractivity contribution >= 4 is 11.7 Å². The summed E-state index contributed by atoms with van der Waals surface area (Å²) in [5, 5.41) is 8.90. The predicted molar refractivity (Wildman–Crippen MR) is 107 cm³/mol. The number of carbonyl (C=O) groups excluding carboxylic acids is 1. The Hall–Kier alpha value is -2.47. The minimum atomic E-state index is 0.167. The third kappa shape index (κ3) is 3.37. The quantitative estimate of drug-likeness (QED) is 0.821. The summed E-state index contributed by atoms with van der Waals surface area (Å²) < 4.78 is 5.40. The van der Waals surface area contributed by atoms with Crippen molar-refractivity contribution in [3.8, 4) is 11.3 Å². The lowest BCUT2D eigenvalue weighted by atomic mass is 9.99. The van der Waals surface area contributed by atoms with Crippen LogP contribution in [-0.2, 0) is 9.53 Å². The SMILES string of the molecule is O=C(C1CCOCC1)N1CC2CN(c3ccc(-c4ccccc4)nn3)CC2C1. The molecule has 0 bridgehead atoms. The molecule has 0 N–H and O–H groups in total. The summed E-state index contributed by atoms with van der Waals surface area (Å²) in [4.78, 5) is 17.2. The van der Waals surface area contributed by atoms with Crippen molar-refractivity contribution in [2.75, 3.05) is 44.3 Å². The third-order valence-corrected chi connectivity index (χ3v) is 6.41. The highest BCUT2D eigenvalue weighted by molar-refractivity contribution is 5.79. The summed E-state index contributed by atoms with van der Waals surface area (Å²) in [5.41, 5.74) is 1.99. The van der Waals surface area contributed by atoms with Crippen molar-refractivity contribution in [3.05, 3.63) is 42.5 Å². The molecule has 1 amide bonds. The lowest BCUT2D eigenvalue weighted by molar-refractivity contribution is -0.137. The first-order chi connectivity index (χ1) is 13.8. The van der Waals surface area contributed by atoms with Gasteiger partial charge in [-0.2, -0.15) is 0 Å². The Morgan fingerprint density at radius 1 is 0.893 bits per heavy atom. The summed E-state index contributed by atoms with van der Waals surface area (Å²) in [6.45, 7) is 5.13. The molecule has 4 heterocycles. The molecule has 0 saturated carbocycles. The van der Waals surface area contributed by atoms with E-state index in [1.165, 1.54) is 0 Å². The number of anilines is 1. The number of likely N-dealkylation sites (tertiary alicyclic amines) is 1. The molecule has 146 valence electrons. The fourth-order valence-electron chi connectivity index (χ4n) is 4.82. The number of hydrogen-bond acceptors (Lipinski definition) is 5. The number of aromatic nitrogens is 2. The van der Waals surface area contributed by atoms with Gasteiger partial charge in [0.1, 0.15) is 0 Å². The summed E-state index contributed by atoms with van der Waals surface area (Å²) in [6, 6.07) is 14.3. The van der Waals surface area contributed by atoms with Gasteiger partial charge in [0.25, 0.3) is 0 Å². The van der Waals surface area contributed by atoms with Crippen molar-refractivity contribution in [2.24, 2.45) is 17.8 Å². The molecule has 2 unspecified atom stereocenters. The highest BCUT2D eigenvalue weighted by atomic mass is 16.5. The Morgan fingerprint density at radius 3 is 2.25 bits per heavy atom. The van der Waals surface area contributed by atoms with Gasteiger partial charge in [0, 0.05) is 62.7 Å². The van der Waals surface area contributed by atoms with Gasteiger partial charge in [-0.3, -0.25) is 4.79 Å². The molecule has 0 spiro atoms. The Kier molecular flexibility index (Phi) is 4.72. The van der Waals surface area contributed by atoms with E-state index in [-0.39, 0.29) is 5.92 Å². The number of amides is 1. The van der Waals surface area contributed by atoms with Gasteiger partial charge < -0.3 is 14.5 Å². The average molecular weight is 378 g/mol. The van der Waals surface area contributed by atoms with Crippen LogP contribution in [0.1, 0.15) is 12.8 Å². The van der Waals surface area contributed by atoms with Crippen LogP contribution in [0.3, 0.4) is 0 Å². The smallest absolute Gasteiger partial charge is 0.225 e. The molecular formula is C22H26N4O2. The van der Waals surface area contributed by atoms with E-state index in [2.05, 4.69) is 26.1 Å². The maximum atomic E-state index is 12.8. The fourth-order valence-corrected chi connectivity index (χ4v) is 4.82. The molecule has 3 saturated heterocycles. The molecule has 28 heavy (non-hydrogen) atoms. The van der Waals surface area contributed by atoms with E-state index < -0.39 is 0 Å². The van der Waals surface area contributed by atoms with E-state index in [0.29, 0.717) is 17.7 Å². The van der Waals surface area contributed by atoms with Crippen LogP contribution in [0.15, 0.2) is 42.5 Å².